The minimum Gasteiger partial charge on any atom is -0.381 e. The summed E-state index contributed by atoms with van der Waals surface area (Å²) in [5, 5.41) is 3.71. The summed E-state index contributed by atoms with van der Waals surface area (Å²) in [5.41, 5.74) is 1.54. The summed E-state index contributed by atoms with van der Waals surface area (Å²) in [6, 6.07) is 9.46. The van der Waals surface area contributed by atoms with E-state index in [-0.39, 0.29) is 0 Å². The van der Waals surface area contributed by atoms with Crippen molar-refractivity contribution in [2.45, 2.75) is 30.2 Å². The van der Waals surface area contributed by atoms with Crippen molar-refractivity contribution in [1.29, 1.82) is 0 Å². The number of rotatable bonds is 4. The van der Waals surface area contributed by atoms with E-state index in [9.17, 15) is 0 Å². The Balaban J connectivity index is 1.83. The van der Waals surface area contributed by atoms with Crippen LogP contribution < -0.4 is 5.32 Å². The second kappa shape index (κ2) is 5.64. The Bertz CT molecular complexity index is 403. The number of ether oxygens (including phenoxy) is 1. The van der Waals surface area contributed by atoms with E-state index >= 15 is 0 Å². The molecule has 1 aromatic rings. The molecule has 2 aliphatic rings. The summed E-state index contributed by atoms with van der Waals surface area (Å²) in [6.45, 7) is 5.12. The van der Waals surface area contributed by atoms with Crippen LogP contribution >= 0.6 is 11.8 Å². The maximum Gasteiger partial charge on any atom is 0.0510 e. The third kappa shape index (κ3) is 2.31. The summed E-state index contributed by atoms with van der Waals surface area (Å²) in [6.07, 6.45) is 1.21. The maximum absolute atomic E-state index is 5.59. The molecule has 0 amide bonds. The Morgan fingerprint density at radius 3 is 3.11 bits per heavy atom. The fourth-order valence-electron chi connectivity index (χ4n) is 3.19. The van der Waals surface area contributed by atoms with Crippen LogP contribution in [-0.4, -0.2) is 31.6 Å². The fourth-order valence-corrected chi connectivity index (χ4v) is 4.50. The van der Waals surface area contributed by atoms with Gasteiger partial charge in [-0.1, -0.05) is 25.1 Å². The summed E-state index contributed by atoms with van der Waals surface area (Å²) in [4.78, 5) is 1.48. The molecule has 18 heavy (non-hydrogen) atoms. The largest absolute Gasteiger partial charge is 0.381 e. The molecule has 3 rings (SSSR count). The van der Waals surface area contributed by atoms with E-state index in [0.29, 0.717) is 17.9 Å². The number of likely N-dealkylation sites (N-methyl/N-ethyl adjacent to an activating group) is 1. The molecule has 0 bridgehead atoms. The first-order chi connectivity index (χ1) is 8.90. The number of thioether (sulfide) groups is 1. The van der Waals surface area contributed by atoms with Crippen molar-refractivity contribution < 1.29 is 4.74 Å². The third-order valence-corrected chi connectivity index (χ3v) is 5.29. The molecular weight excluding hydrogens is 242 g/mol. The highest BCUT2D eigenvalue weighted by Gasteiger charge is 2.36. The average molecular weight is 263 g/mol. The van der Waals surface area contributed by atoms with E-state index in [1.54, 1.807) is 5.56 Å². The Labute approximate surface area is 113 Å². The second-order valence-electron chi connectivity index (χ2n) is 5.16. The number of benzene rings is 1. The van der Waals surface area contributed by atoms with Crippen molar-refractivity contribution in [3.05, 3.63) is 29.8 Å². The number of hydrogen-bond donors (Lipinski definition) is 1. The van der Waals surface area contributed by atoms with E-state index in [4.69, 9.17) is 4.74 Å². The topological polar surface area (TPSA) is 21.3 Å². The highest BCUT2D eigenvalue weighted by molar-refractivity contribution is 7.99. The van der Waals surface area contributed by atoms with Crippen LogP contribution in [0.3, 0.4) is 0 Å². The zero-order valence-electron chi connectivity index (χ0n) is 10.9. The predicted molar refractivity (Wildman–Crippen MR) is 76.3 cm³/mol. The molecular formula is C15H21NOS. The van der Waals surface area contributed by atoms with Crippen LogP contribution in [0.15, 0.2) is 29.2 Å². The second-order valence-corrected chi connectivity index (χ2v) is 6.22. The highest BCUT2D eigenvalue weighted by Crippen LogP contribution is 2.43. The van der Waals surface area contributed by atoms with E-state index < -0.39 is 0 Å². The van der Waals surface area contributed by atoms with Gasteiger partial charge in [0.1, 0.15) is 0 Å². The SMILES string of the molecule is CCNC(C1CCOC1)C1CSc2ccccc21. The normalized spacial score (nSPS) is 28.3. The monoisotopic (exact) mass is 263 g/mol. The van der Waals surface area contributed by atoms with E-state index in [0.717, 1.165) is 19.8 Å². The molecule has 1 fully saturated rings. The minimum atomic E-state index is 0.577. The Hall–Kier alpha value is -0.510. The summed E-state index contributed by atoms with van der Waals surface area (Å²) < 4.78 is 5.59. The van der Waals surface area contributed by atoms with Crippen LogP contribution in [-0.2, 0) is 4.74 Å². The summed E-state index contributed by atoms with van der Waals surface area (Å²) in [7, 11) is 0. The number of fused-ring (bicyclic) bond motifs is 1. The van der Waals surface area contributed by atoms with Gasteiger partial charge in [-0.2, -0.15) is 0 Å². The van der Waals surface area contributed by atoms with Gasteiger partial charge in [-0.25, -0.2) is 0 Å². The molecule has 0 spiro atoms. The van der Waals surface area contributed by atoms with Crippen molar-refractivity contribution in [2.24, 2.45) is 5.92 Å². The van der Waals surface area contributed by atoms with Crippen LogP contribution in [0.1, 0.15) is 24.8 Å². The molecule has 2 heterocycles. The molecule has 1 saturated heterocycles. The van der Waals surface area contributed by atoms with Crippen molar-refractivity contribution in [3.63, 3.8) is 0 Å². The van der Waals surface area contributed by atoms with Gasteiger partial charge in [-0.15, -0.1) is 11.8 Å². The maximum atomic E-state index is 5.59. The van der Waals surface area contributed by atoms with Gasteiger partial charge in [0, 0.05) is 35.1 Å². The van der Waals surface area contributed by atoms with Crippen LogP contribution in [0.4, 0.5) is 0 Å². The lowest BCUT2D eigenvalue weighted by Gasteiger charge is -2.29. The standard InChI is InChI=1S/C15H21NOS/c1-2-16-15(11-7-8-17-9-11)13-10-18-14-6-4-3-5-12(13)14/h3-6,11,13,15-16H,2,7-10H2,1H3. The van der Waals surface area contributed by atoms with Gasteiger partial charge in [0.2, 0.25) is 0 Å². The molecule has 3 heteroatoms. The molecule has 0 radical (unpaired) electrons. The first-order valence-corrected chi connectivity index (χ1v) is 7.91. The Morgan fingerprint density at radius 1 is 1.44 bits per heavy atom. The lowest BCUT2D eigenvalue weighted by molar-refractivity contribution is 0.173. The van der Waals surface area contributed by atoms with Crippen molar-refractivity contribution in [1.82, 2.24) is 5.32 Å². The van der Waals surface area contributed by atoms with E-state index in [1.807, 2.05) is 11.8 Å². The summed E-state index contributed by atoms with van der Waals surface area (Å²) >= 11 is 2.01. The zero-order valence-corrected chi connectivity index (χ0v) is 11.7. The summed E-state index contributed by atoms with van der Waals surface area (Å²) in [5.74, 6) is 2.55. The quantitative estimate of drug-likeness (QED) is 0.902. The minimum absolute atomic E-state index is 0.577. The third-order valence-electron chi connectivity index (χ3n) is 4.08. The average Bonchev–Trinajstić information content (AvgIpc) is 3.06. The fraction of sp³-hybridized carbons (Fsp3) is 0.600. The zero-order chi connectivity index (χ0) is 12.4. The van der Waals surface area contributed by atoms with E-state index in [1.165, 1.54) is 17.1 Å². The molecule has 3 atom stereocenters. The molecule has 0 saturated carbocycles. The molecule has 0 aromatic heterocycles. The van der Waals surface area contributed by atoms with E-state index in [2.05, 4.69) is 36.5 Å². The van der Waals surface area contributed by atoms with Crippen LogP contribution in [0, 0.1) is 5.92 Å². The van der Waals surface area contributed by atoms with Gasteiger partial charge in [-0.05, 0) is 24.6 Å². The number of hydrogen-bond acceptors (Lipinski definition) is 3. The highest BCUT2D eigenvalue weighted by atomic mass is 32.2. The van der Waals surface area contributed by atoms with Gasteiger partial charge < -0.3 is 10.1 Å². The Kier molecular flexibility index (Phi) is 3.92. The first-order valence-electron chi connectivity index (χ1n) is 6.93. The van der Waals surface area contributed by atoms with Gasteiger partial charge in [0.05, 0.1) is 6.61 Å². The van der Waals surface area contributed by atoms with Crippen molar-refractivity contribution in [3.8, 4) is 0 Å². The van der Waals surface area contributed by atoms with Crippen LogP contribution in [0.25, 0.3) is 0 Å². The lowest BCUT2D eigenvalue weighted by Crippen LogP contribution is -2.41. The van der Waals surface area contributed by atoms with Crippen molar-refractivity contribution in [2.75, 3.05) is 25.5 Å². The predicted octanol–water partition coefficient (Wildman–Crippen LogP) is 2.89. The van der Waals surface area contributed by atoms with Gasteiger partial charge >= 0.3 is 0 Å². The molecule has 2 nitrogen and oxygen atoms in total. The molecule has 3 unspecified atom stereocenters. The van der Waals surface area contributed by atoms with Gasteiger partial charge in [0.25, 0.3) is 0 Å². The number of nitrogens with one attached hydrogen (secondary N) is 1. The first kappa shape index (κ1) is 12.5. The van der Waals surface area contributed by atoms with Gasteiger partial charge in [-0.3, -0.25) is 0 Å². The molecule has 98 valence electrons. The van der Waals surface area contributed by atoms with Gasteiger partial charge in [0.15, 0.2) is 0 Å². The lowest BCUT2D eigenvalue weighted by atomic mass is 9.84. The molecule has 1 aromatic carbocycles. The van der Waals surface area contributed by atoms with Crippen molar-refractivity contribution >= 4 is 11.8 Å². The van der Waals surface area contributed by atoms with Crippen LogP contribution in [0.5, 0.6) is 0 Å². The van der Waals surface area contributed by atoms with Crippen LogP contribution in [0.2, 0.25) is 0 Å². The Morgan fingerprint density at radius 2 is 2.33 bits per heavy atom. The molecule has 1 N–H and O–H groups in total. The smallest absolute Gasteiger partial charge is 0.0510 e. The molecule has 2 aliphatic heterocycles. The molecule has 0 aliphatic carbocycles.